The Kier molecular flexibility index (Phi) is 7.58. The van der Waals surface area contributed by atoms with E-state index in [0.29, 0.717) is 19.4 Å². The number of ketones is 2. The van der Waals surface area contributed by atoms with Crippen molar-refractivity contribution >= 4 is 29.5 Å². The highest BCUT2D eigenvalue weighted by molar-refractivity contribution is 6.38. The molecule has 9 nitrogen and oxygen atoms in total. The van der Waals surface area contributed by atoms with E-state index in [9.17, 15) is 24.0 Å². The molecule has 1 saturated heterocycles. The number of carbonyl (C=O) groups is 5. The summed E-state index contributed by atoms with van der Waals surface area (Å²) in [4.78, 5) is 66.3. The van der Waals surface area contributed by atoms with Crippen LogP contribution in [0.5, 0.6) is 0 Å². The molecule has 1 aromatic carbocycles. The number of hydrogen-bond donors (Lipinski definition) is 2. The molecule has 0 bridgehead atoms. The van der Waals surface area contributed by atoms with E-state index >= 15 is 0 Å². The van der Waals surface area contributed by atoms with Crippen LogP contribution in [-0.2, 0) is 30.5 Å². The Labute approximate surface area is 216 Å². The van der Waals surface area contributed by atoms with Crippen molar-refractivity contribution < 1.29 is 28.7 Å². The SMILES string of the molecule is O=C(NC1CC1)C(=O)[C@H](C[C@@H]1CCCC1=O)NC(=O)C1[C@H]2CCC[C@H]2CN1C(=O)OCc1ccccc1. The Morgan fingerprint density at radius 2 is 1.78 bits per heavy atom. The van der Waals surface area contributed by atoms with Gasteiger partial charge in [-0.25, -0.2) is 4.79 Å². The molecule has 37 heavy (non-hydrogen) atoms. The maximum atomic E-state index is 13.7. The average molecular weight is 510 g/mol. The first-order valence-corrected chi connectivity index (χ1v) is 13.6. The van der Waals surface area contributed by atoms with Gasteiger partial charge in [-0.15, -0.1) is 0 Å². The molecular weight excluding hydrogens is 474 g/mol. The van der Waals surface area contributed by atoms with Gasteiger partial charge in [0.1, 0.15) is 18.4 Å². The van der Waals surface area contributed by atoms with Crippen LogP contribution in [-0.4, -0.2) is 59.0 Å². The maximum Gasteiger partial charge on any atom is 0.410 e. The van der Waals surface area contributed by atoms with Gasteiger partial charge in [0.15, 0.2) is 0 Å². The van der Waals surface area contributed by atoms with E-state index in [1.165, 1.54) is 4.90 Å². The zero-order chi connectivity index (χ0) is 25.9. The van der Waals surface area contributed by atoms with Crippen LogP contribution in [0.3, 0.4) is 0 Å². The molecular formula is C28H35N3O6. The number of hydrogen-bond acceptors (Lipinski definition) is 6. The van der Waals surface area contributed by atoms with Crippen LogP contribution >= 0.6 is 0 Å². The Morgan fingerprint density at radius 3 is 2.49 bits per heavy atom. The van der Waals surface area contributed by atoms with Crippen LogP contribution in [0.4, 0.5) is 4.79 Å². The molecule has 2 N–H and O–H groups in total. The normalized spacial score (nSPS) is 27.5. The lowest BCUT2D eigenvalue weighted by atomic mass is 9.91. The van der Waals surface area contributed by atoms with Crippen molar-refractivity contribution in [2.45, 2.75) is 82.5 Å². The van der Waals surface area contributed by atoms with E-state index in [2.05, 4.69) is 10.6 Å². The third-order valence-corrected chi connectivity index (χ3v) is 8.32. The van der Waals surface area contributed by atoms with Gasteiger partial charge < -0.3 is 15.4 Å². The molecule has 0 aromatic heterocycles. The number of amides is 3. The Morgan fingerprint density at radius 1 is 1.00 bits per heavy atom. The van der Waals surface area contributed by atoms with E-state index in [1.807, 2.05) is 30.3 Å². The van der Waals surface area contributed by atoms with Gasteiger partial charge in [0.05, 0.1) is 6.04 Å². The highest BCUT2D eigenvalue weighted by atomic mass is 16.6. The first-order chi connectivity index (χ1) is 17.9. The third kappa shape index (κ3) is 5.86. The average Bonchev–Trinajstić information content (AvgIpc) is 3.25. The van der Waals surface area contributed by atoms with Gasteiger partial charge in [-0.2, -0.15) is 0 Å². The Balaban J connectivity index is 1.30. The molecule has 9 heteroatoms. The van der Waals surface area contributed by atoms with Crippen LogP contribution in [0.25, 0.3) is 0 Å². The summed E-state index contributed by atoms with van der Waals surface area (Å²) in [7, 11) is 0. The Bertz CT molecular complexity index is 1060. The maximum absolute atomic E-state index is 13.7. The minimum absolute atomic E-state index is 0.00451. The van der Waals surface area contributed by atoms with Gasteiger partial charge in [0, 0.05) is 24.9 Å². The van der Waals surface area contributed by atoms with E-state index in [1.54, 1.807) is 0 Å². The largest absolute Gasteiger partial charge is 0.445 e. The summed E-state index contributed by atoms with van der Waals surface area (Å²) in [6.45, 7) is 0.532. The van der Waals surface area contributed by atoms with Crippen molar-refractivity contribution in [1.82, 2.24) is 15.5 Å². The number of Topliss-reactive ketones (excluding diaryl/α,β-unsaturated/α-hetero) is 2. The van der Waals surface area contributed by atoms with E-state index in [4.69, 9.17) is 4.74 Å². The molecule has 5 rings (SSSR count). The molecule has 0 radical (unpaired) electrons. The topological polar surface area (TPSA) is 122 Å². The van der Waals surface area contributed by atoms with Crippen molar-refractivity contribution in [3.8, 4) is 0 Å². The molecule has 5 atom stereocenters. The molecule has 3 aliphatic carbocycles. The van der Waals surface area contributed by atoms with Gasteiger partial charge in [0.2, 0.25) is 11.7 Å². The molecule has 0 spiro atoms. The minimum atomic E-state index is -1.10. The predicted molar refractivity (Wildman–Crippen MR) is 133 cm³/mol. The highest BCUT2D eigenvalue weighted by Crippen LogP contribution is 2.42. The second-order valence-corrected chi connectivity index (χ2v) is 11.0. The van der Waals surface area contributed by atoms with Crippen molar-refractivity contribution in [3.05, 3.63) is 35.9 Å². The second kappa shape index (κ2) is 11.0. The summed E-state index contributed by atoms with van der Waals surface area (Å²) in [5, 5.41) is 5.50. The number of likely N-dealkylation sites (tertiary alicyclic amines) is 1. The monoisotopic (exact) mass is 509 g/mol. The van der Waals surface area contributed by atoms with Crippen molar-refractivity contribution in [3.63, 3.8) is 0 Å². The molecule has 3 saturated carbocycles. The van der Waals surface area contributed by atoms with Crippen molar-refractivity contribution in [2.24, 2.45) is 17.8 Å². The van der Waals surface area contributed by atoms with Crippen molar-refractivity contribution in [1.29, 1.82) is 0 Å². The van der Waals surface area contributed by atoms with Gasteiger partial charge in [-0.1, -0.05) is 36.8 Å². The molecule has 198 valence electrons. The molecule has 1 heterocycles. The van der Waals surface area contributed by atoms with Crippen LogP contribution in [0.1, 0.15) is 63.4 Å². The zero-order valence-corrected chi connectivity index (χ0v) is 21.0. The number of ether oxygens (including phenoxy) is 1. The quantitative estimate of drug-likeness (QED) is 0.494. The second-order valence-electron chi connectivity index (χ2n) is 11.0. The van der Waals surface area contributed by atoms with Crippen LogP contribution in [0.15, 0.2) is 30.3 Å². The van der Waals surface area contributed by atoms with Crippen LogP contribution in [0, 0.1) is 17.8 Å². The summed E-state index contributed by atoms with van der Waals surface area (Å²) >= 11 is 0. The fourth-order valence-electron chi connectivity index (χ4n) is 6.18. The summed E-state index contributed by atoms with van der Waals surface area (Å²) in [5.41, 5.74) is 0.852. The number of rotatable bonds is 9. The summed E-state index contributed by atoms with van der Waals surface area (Å²) in [6.07, 6.45) is 5.81. The van der Waals surface area contributed by atoms with Crippen LogP contribution in [0.2, 0.25) is 0 Å². The van der Waals surface area contributed by atoms with Gasteiger partial charge in [-0.3, -0.25) is 24.1 Å². The number of nitrogens with zero attached hydrogens (tertiary/aromatic N) is 1. The lowest BCUT2D eigenvalue weighted by Gasteiger charge is -2.28. The number of carbonyl (C=O) groups excluding carboxylic acids is 5. The van der Waals surface area contributed by atoms with Gasteiger partial charge in [0.25, 0.3) is 5.91 Å². The molecule has 4 fully saturated rings. The van der Waals surface area contributed by atoms with Crippen LogP contribution < -0.4 is 10.6 Å². The summed E-state index contributed by atoms with van der Waals surface area (Å²) < 4.78 is 5.55. The lowest BCUT2D eigenvalue weighted by molar-refractivity contribution is -0.141. The van der Waals surface area contributed by atoms with E-state index in [0.717, 1.165) is 44.1 Å². The predicted octanol–water partition coefficient (Wildman–Crippen LogP) is 2.52. The summed E-state index contributed by atoms with van der Waals surface area (Å²) in [5.74, 6) is -2.00. The number of fused-ring (bicyclic) bond motifs is 1. The minimum Gasteiger partial charge on any atom is -0.445 e. The zero-order valence-electron chi connectivity index (χ0n) is 21.0. The fraction of sp³-hybridized carbons (Fsp3) is 0.607. The molecule has 4 aliphatic rings. The molecule has 1 aromatic rings. The fourth-order valence-corrected chi connectivity index (χ4v) is 6.18. The van der Waals surface area contributed by atoms with E-state index in [-0.39, 0.29) is 42.6 Å². The Hall–Kier alpha value is -3.23. The molecule has 1 aliphatic heterocycles. The molecule has 3 amide bonds. The summed E-state index contributed by atoms with van der Waals surface area (Å²) in [6, 6.07) is 7.49. The van der Waals surface area contributed by atoms with Gasteiger partial charge >= 0.3 is 6.09 Å². The molecule has 1 unspecified atom stereocenters. The third-order valence-electron chi connectivity index (χ3n) is 8.32. The van der Waals surface area contributed by atoms with Gasteiger partial charge in [-0.05, 0) is 62.3 Å². The number of benzene rings is 1. The van der Waals surface area contributed by atoms with E-state index < -0.39 is 35.8 Å². The highest BCUT2D eigenvalue weighted by Gasteiger charge is 2.51. The standard InChI is InChI=1S/C28H35N3O6/c32-23-11-5-8-18(23)14-22(25(33)27(35)29-20-12-13-20)30-26(34)24-21-10-4-9-19(21)15-31(24)28(36)37-16-17-6-2-1-3-7-17/h1-3,6-7,18-22,24H,4-5,8-16H2,(H,29,35)(H,30,34)/t18-,19-,21-,22-,24?/m0/s1. The first-order valence-electron chi connectivity index (χ1n) is 13.6. The first kappa shape index (κ1) is 25.4. The van der Waals surface area contributed by atoms with Crippen molar-refractivity contribution in [2.75, 3.05) is 6.54 Å². The lowest BCUT2D eigenvalue weighted by Crippen LogP contribution is -2.55. The smallest absolute Gasteiger partial charge is 0.410 e. The number of nitrogens with one attached hydrogen (secondary N) is 2.